The van der Waals surface area contributed by atoms with Crippen LogP contribution in [0.3, 0.4) is 0 Å². The second kappa shape index (κ2) is 4.16. The Kier molecular flexibility index (Phi) is 2.80. The van der Waals surface area contributed by atoms with E-state index < -0.39 is 10.1 Å². The van der Waals surface area contributed by atoms with Gasteiger partial charge in [0.15, 0.2) is 10.7 Å². The van der Waals surface area contributed by atoms with E-state index in [0.29, 0.717) is 10.8 Å². The molecule has 6 nitrogen and oxygen atoms in total. The van der Waals surface area contributed by atoms with Gasteiger partial charge in [-0.3, -0.25) is 0 Å². The molecule has 2 rings (SSSR count). The van der Waals surface area contributed by atoms with Crippen LogP contribution in [0.4, 0.5) is 5.69 Å². The van der Waals surface area contributed by atoms with Crippen molar-refractivity contribution >= 4 is 26.6 Å². The van der Waals surface area contributed by atoms with E-state index in [0.717, 1.165) is 6.26 Å². The molecule has 0 amide bonds. The number of hydrogen-bond acceptors (Lipinski definition) is 5. The Morgan fingerprint density at radius 2 is 1.94 bits per heavy atom. The molecule has 2 aromatic rings. The van der Waals surface area contributed by atoms with Crippen molar-refractivity contribution in [3.8, 4) is 11.5 Å². The summed E-state index contributed by atoms with van der Waals surface area (Å²) in [6, 6.07) is 7.38. The minimum Gasteiger partial charge on any atom is -0.501 e. The van der Waals surface area contributed by atoms with Crippen molar-refractivity contribution < 1.29 is 17.7 Å². The van der Waals surface area contributed by atoms with E-state index in [1.807, 2.05) is 0 Å². The lowest BCUT2D eigenvalue weighted by molar-refractivity contribution is 0.479. The van der Waals surface area contributed by atoms with E-state index >= 15 is 0 Å². The smallest absolute Gasteiger partial charge is 0.433 e. The molecule has 0 radical (unpaired) electrons. The normalized spacial score (nSPS) is 11.1. The van der Waals surface area contributed by atoms with Gasteiger partial charge < -0.3 is 9.29 Å². The predicted molar refractivity (Wildman–Crippen MR) is 65.8 cm³/mol. The summed E-state index contributed by atoms with van der Waals surface area (Å²) in [7, 11) is -3.65. The first kappa shape index (κ1) is 12.1. The lowest BCUT2D eigenvalue weighted by Crippen LogP contribution is -2.05. The molecular formula is C11H9N2O4S+. The molecule has 0 bridgehead atoms. The number of hydrogen-bond donors (Lipinski definition) is 1. The Bertz CT molecular complexity index is 762. The zero-order chi connectivity index (χ0) is 13.3. The largest absolute Gasteiger partial charge is 0.501 e. The molecule has 0 saturated carbocycles. The number of benzene rings is 2. The van der Waals surface area contributed by atoms with Crippen LogP contribution in [0, 0.1) is 5.39 Å². The summed E-state index contributed by atoms with van der Waals surface area (Å²) in [5.41, 5.74) is -0.0357. The SMILES string of the molecule is CS(=O)(=O)Oc1cccc2c([N+]#N)c(O)ccc12. The third-order valence-corrected chi connectivity index (χ3v) is 2.80. The van der Waals surface area contributed by atoms with Gasteiger partial charge in [-0.2, -0.15) is 8.42 Å². The van der Waals surface area contributed by atoms with Crippen molar-refractivity contribution in [3.05, 3.63) is 35.3 Å². The van der Waals surface area contributed by atoms with Crippen LogP contribution in [0.15, 0.2) is 30.3 Å². The molecule has 0 unspecified atom stereocenters. The van der Waals surface area contributed by atoms with Gasteiger partial charge >= 0.3 is 15.8 Å². The van der Waals surface area contributed by atoms with Gasteiger partial charge in [-0.25, -0.2) is 0 Å². The monoisotopic (exact) mass is 265 g/mol. The van der Waals surface area contributed by atoms with Gasteiger partial charge in [-0.05, 0) is 24.3 Å². The molecule has 18 heavy (non-hydrogen) atoms. The van der Waals surface area contributed by atoms with Gasteiger partial charge in [0.1, 0.15) is 0 Å². The Balaban J connectivity index is 2.77. The van der Waals surface area contributed by atoms with Gasteiger partial charge in [0.25, 0.3) is 0 Å². The summed E-state index contributed by atoms with van der Waals surface area (Å²) < 4.78 is 27.1. The molecule has 0 aliphatic heterocycles. The average molecular weight is 265 g/mol. The van der Waals surface area contributed by atoms with E-state index in [1.165, 1.54) is 24.3 Å². The van der Waals surface area contributed by atoms with Crippen LogP contribution in [0.5, 0.6) is 11.5 Å². The van der Waals surface area contributed by atoms with Gasteiger partial charge in [0, 0.05) is 5.39 Å². The van der Waals surface area contributed by atoms with Crippen molar-refractivity contribution in [1.29, 1.82) is 5.39 Å². The highest BCUT2D eigenvalue weighted by Crippen LogP contribution is 2.38. The van der Waals surface area contributed by atoms with E-state index in [9.17, 15) is 13.5 Å². The Hall–Kier alpha value is -2.33. The van der Waals surface area contributed by atoms with Crippen LogP contribution in [0.25, 0.3) is 15.7 Å². The maximum Gasteiger partial charge on any atom is 0.433 e. The summed E-state index contributed by atoms with van der Waals surface area (Å²) in [6.45, 7) is 0. The van der Waals surface area contributed by atoms with Crippen LogP contribution in [0.2, 0.25) is 0 Å². The van der Waals surface area contributed by atoms with Crippen molar-refractivity contribution in [2.45, 2.75) is 0 Å². The predicted octanol–water partition coefficient (Wildman–Crippen LogP) is 2.37. The van der Waals surface area contributed by atoms with Gasteiger partial charge in [0.05, 0.1) is 11.6 Å². The lowest BCUT2D eigenvalue weighted by Gasteiger charge is -2.05. The molecule has 1 N–H and O–H groups in total. The lowest BCUT2D eigenvalue weighted by atomic mass is 10.1. The number of fused-ring (bicyclic) bond motifs is 1. The van der Waals surface area contributed by atoms with Crippen LogP contribution in [0.1, 0.15) is 0 Å². The maximum atomic E-state index is 11.1. The third-order valence-electron chi connectivity index (χ3n) is 2.31. The average Bonchev–Trinajstić information content (AvgIpc) is 2.27. The topological polar surface area (TPSA) is 91.8 Å². The third kappa shape index (κ3) is 2.19. The summed E-state index contributed by atoms with van der Waals surface area (Å²) in [5.74, 6) is -0.0959. The van der Waals surface area contributed by atoms with Crippen LogP contribution in [-0.2, 0) is 10.1 Å². The van der Waals surface area contributed by atoms with E-state index in [1.54, 1.807) is 6.07 Å². The molecule has 0 aliphatic carbocycles. The van der Waals surface area contributed by atoms with Crippen molar-refractivity contribution in [2.24, 2.45) is 0 Å². The van der Waals surface area contributed by atoms with Crippen molar-refractivity contribution in [2.75, 3.05) is 6.26 Å². The van der Waals surface area contributed by atoms with Crippen LogP contribution >= 0.6 is 0 Å². The van der Waals surface area contributed by atoms with Crippen molar-refractivity contribution in [3.63, 3.8) is 0 Å². The molecule has 0 aromatic heterocycles. The van der Waals surface area contributed by atoms with Crippen molar-refractivity contribution in [1.82, 2.24) is 0 Å². The second-order valence-corrected chi connectivity index (χ2v) is 5.25. The van der Waals surface area contributed by atoms with Crippen LogP contribution < -0.4 is 4.18 Å². The maximum absolute atomic E-state index is 11.1. The summed E-state index contributed by atoms with van der Waals surface area (Å²) >= 11 is 0. The Labute approximate surface area is 103 Å². The Morgan fingerprint density at radius 1 is 1.22 bits per heavy atom. The first-order valence-corrected chi connectivity index (χ1v) is 6.73. The number of phenolic OH excluding ortho intramolecular Hbond substituents is 1. The highest BCUT2D eigenvalue weighted by molar-refractivity contribution is 7.86. The highest BCUT2D eigenvalue weighted by Gasteiger charge is 2.20. The first-order chi connectivity index (χ1) is 8.42. The quantitative estimate of drug-likeness (QED) is 0.664. The molecule has 7 heteroatoms. The minimum atomic E-state index is -3.65. The highest BCUT2D eigenvalue weighted by atomic mass is 32.2. The zero-order valence-electron chi connectivity index (χ0n) is 9.36. The summed E-state index contributed by atoms with van der Waals surface area (Å²) in [4.78, 5) is 2.98. The molecule has 0 saturated heterocycles. The van der Waals surface area contributed by atoms with E-state index in [2.05, 4.69) is 4.98 Å². The minimum absolute atomic E-state index is 0.0357. The molecule has 0 aliphatic rings. The fraction of sp³-hybridized carbons (Fsp3) is 0.0909. The van der Waals surface area contributed by atoms with E-state index in [-0.39, 0.29) is 17.2 Å². The molecule has 0 fully saturated rings. The van der Waals surface area contributed by atoms with Gasteiger partial charge in [-0.1, -0.05) is 6.07 Å². The second-order valence-electron chi connectivity index (χ2n) is 3.67. The fourth-order valence-corrected chi connectivity index (χ4v) is 2.11. The van der Waals surface area contributed by atoms with Gasteiger partial charge in [0.2, 0.25) is 11.1 Å². The standard InChI is InChI=1S/C11H8N2O4S/c1-18(15,16)17-10-4-2-3-8-7(10)5-6-9(14)11(8)13-12/h2-6H,1H3/p+1. The first-order valence-electron chi connectivity index (χ1n) is 4.91. The Morgan fingerprint density at radius 3 is 2.56 bits per heavy atom. The fourth-order valence-electron chi connectivity index (χ4n) is 1.64. The van der Waals surface area contributed by atoms with Crippen LogP contribution in [-0.4, -0.2) is 19.8 Å². The number of aromatic hydroxyl groups is 1. The number of diazo groups is 1. The molecule has 0 atom stereocenters. The van der Waals surface area contributed by atoms with Gasteiger partial charge in [-0.15, -0.1) is 0 Å². The number of rotatable bonds is 2. The number of phenols is 1. The number of nitrogens with zero attached hydrogens (tertiary/aromatic N) is 2. The molecular weight excluding hydrogens is 256 g/mol. The van der Waals surface area contributed by atoms with E-state index in [4.69, 9.17) is 9.58 Å². The molecule has 2 aromatic carbocycles. The molecule has 0 spiro atoms. The summed E-state index contributed by atoms with van der Waals surface area (Å²) in [5, 5.41) is 19.2. The zero-order valence-corrected chi connectivity index (χ0v) is 10.2. The molecule has 92 valence electrons. The summed E-state index contributed by atoms with van der Waals surface area (Å²) in [6.07, 6.45) is 0.934. The molecule has 0 heterocycles.